The molecule has 5 heteroatoms. The first-order valence-electron chi connectivity index (χ1n) is 6.43. The van der Waals surface area contributed by atoms with Crippen LogP contribution in [0.5, 0.6) is 0 Å². The summed E-state index contributed by atoms with van der Waals surface area (Å²) in [7, 11) is 0. The molecule has 2 atom stereocenters. The van der Waals surface area contributed by atoms with E-state index >= 15 is 0 Å². The van der Waals surface area contributed by atoms with Gasteiger partial charge in [0, 0.05) is 12.1 Å². The first-order valence-corrected chi connectivity index (χ1v) is 6.43. The number of benzene rings is 1. The summed E-state index contributed by atoms with van der Waals surface area (Å²) in [5.41, 5.74) is 0.846. The molecule has 1 N–H and O–H groups in total. The molecule has 0 saturated heterocycles. The average molecular weight is 261 g/mol. The van der Waals surface area contributed by atoms with Gasteiger partial charge < -0.3 is 5.32 Å². The van der Waals surface area contributed by atoms with Crippen LogP contribution in [-0.4, -0.2) is 11.0 Å². The van der Waals surface area contributed by atoms with E-state index in [1.807, 2.05) is 13.0 Å². The molecule has 0 heterocycles. The van der Waals surface area contributed by atoms with Crippen LogP contribution in [0.2, 0.25) is 0 Å². The van der Waals surface area contributed by atoms with Crippen LogP contribution in [-0.2, 0) is 0 Å². The van der Waals surface area contributed by atoms with E-state index in [0.29, 0.717) is 17.2 Å². The number of nitrogens with zero attached hydrogens (tertiary/aromatic N) is 2. The van der Waals surface area contributed by atoms with Gasteiger partial charge in [-0.15, -0.1) is 0 Å². The van der Waals surface area contributed by atoms with Crippen molar-refractivity contribution in [3.63, 3.8) is 0 Å². The van der Waals surface area contributed by atoms with Crippen LogP contribution >= 0.6 is 0 Å². The predicted octanol–water partition coefficient (Wildman–Crippen LogP) is 3.70. The molecule has 0 amide bonds. The van der Waals surface area contributed by atoms with Gasteiger partial charge in [-0.25, -0.2) is 0 Å². The van der Waals surface area contributed by atoms with Crippen molar-refractivity contribution < 1.29 is 4.92 Å². The van der Waals surface area contributed by atoms with E-state index in [1.165, 1.54) is 18.2 Å². The maximum atomic E-state index is 11.0. The molecule has 0 fully saturated rings. The minimum Gasteiger partial charge on any atom is -0.377 e. The summed E-state index contributed by atoms with van der Waals surface area (Å²) in [5.74, 6) is 0.556. The number of nitrogens with one attached hydrogen (secondary N) is 1. The highest BCUT2D eigenvalue weighted by atomic mass is 16.6. The van der Waals surface area contributed by atoms with Gasteiger partial charge in [0.1, 0.15) is 5.69 Å². The quantitative estimate of drug-likeness (QED) is 0.625. The van der Waals surface area contributed by atoms with E-state index in [9.17, 15) is 10.1 Å². The van der Waals surface area contributed by atoms with Gasteiger partial charge >= 0.3 is 0 Å². The normalized spacial score (nSPS) is 13.4. The molecule has 0 radical (unpaired) electrons. The van der Waals surface area contributed by atoms with Crippen molar-refractivity contribution in [1.82, 2.24) is 0 Å². The van der Waals surface area contributed by atoms with Gasteiger partial charge in [-0.1, -0.05) is 20.3 Å². The van der Waals surface area contributed by atoms with E-state index in [1.54, 1.807) is 0 Å². The van der Waals surface area contributed by atoms with Crippen LogP contribution in [0.4, 0.5) is 11.4 Å². The first-order chi connectivity index (χ1) is 8.97. The summed E-state index contributed by atoms with van der Waals surface area (Å²) in [5, 5.41) is 23.0. The second-order valence-corrected chi connectivity index (χ2v) is 4.90. The Hall–Kier alpha value is -2.09. The van der Waals surface area contributed by atoms with E-state index in [4.69, 9.17) is 5.26 Å². The Bertz CT molecular complexity index is 494. The lowest BCUT2D eigenvalue weighted by molar-refractivity contribution is -0.384. The molecule has 5 nitrogen and oxygen atoms in total. The SMILES string of the molecule is CCC(C)CC(C)Nc1cc(C#N)ccc1[N+](=O)[O-]. The van der Waals surface area contributed by atoms with Crippen molar-refractivity contribution in [3.05, 3.63) is 33.9 Å². The van der Waals surface area contributed by atoms with Gasteiger partial charge in [0.2, 0.25) is 0 Å². The van der Waals surface area contributed by atoms with Crippen molar-refractivity contribution in [3.8, 4) is 6.07 Å². The Labute approximate surface area is 113 Å². The third-order valence-electron chi connectivity index (χ3n) is 3.18. The zero-order valence-electron chi connectivity index (χ0n) is 11.5. The Kier molecular flexibility index (Phi) is 5.31. The zero-order chi connectivity index (χ0) is 14.4. The van der Waals surface area contributed by atoms with Crippen molar-refractivity contribution in [2.24, 2.45) is 5.92 Å². The second-order valence-electron chi connectivity index (χ2n) is 4.90. The van der Waals surface area contributed by atoms with Crippen LogP contribution in [0.15, 0.2) is 18.2 Å². The molecule has 0 aliphatic rings. The third-order valence-corrected chi connectivity index (χ3v) is 3.18. The van der Waals surface area contributed by atoms with Crippen LogP contribution in [0.3, 0.4) is 0 Å². The molecule has 0 saturated carbocycles. The minimum absolute atomic E-state index is 0.00926. The highest BCUT2D eigenvalue weighted by Crippen LogP contribution is 2.27. The van der Waals surface area contributed by atoms with Crippen LogP contribution in [0, 0.1) is 27.4 Å². The second kappa shape index (κ2) is 6.74. The van der Waals surface area contributed by atoms with Crippen molar-refractivity contribution in [2.75, 3.05) is 5.32 Å². The Morgan fingerprint density at radius 1 is 1.47 bits per heavy atom. The zero-order valence-corrected chi connectivity index (χ0v) is 11.5. The van der Waals surface area contributed by atoms with Crippen molar-refractivity contribution in [2.45, 2.75) is 39.7 Å². The largest absolute Gasteiger partial charge is 0.377 e. The Morgan fingerprint density at radius 3 is 2.68 bits per heavy atom. The maximum Gasteiger partial charge on any atom is 0.292 e. The number of hydrogen-bond donors (Lipinski definition) is 1. The third kappa shape index (κ3) is 4.25. The van der Waals surface area contributed by atoms with Crippen LogP contribution in [0.25, 0.3) is 0 Å². The van der Waals surface area contributed by atoms with E-state index in [-0.39, 0.29) is 11.7 Å². The van der Waals surface area contributed by atoms with Gasteiger partial charge in [-0.2, -0.15) is 5.26 Å². The van der Waals surface area contributed by atoms with Crippen molar-refractivity contribution in [1.29, 1.82) is 5.26 Å². The summed E-state index contributed by atoms with van der Waals surface area (Å²) in [6.45, 7) is 6.27. The molecular weight excluding hydrogens is 242 g/mol. The minimum atomic E-state index is -0.431. The maximum absolute atomic E-state index is 11.0. The lowest BCUT2D eigenvalue weighted by Crippen LogP contribution is -2.19. The summed E-state index contributed by atoms with van der Waals surface area (Å²) >= 11 is 0. The van der Waals surface area contributed by atoms with Crippen LogP contribution in [0.1, 0.15) is 39.2 Å². The first kappa shape index (κ1) is 15.0. The molecule has 0 aromatic heterocycles. The monoisotopic (exact) mass is 261 g/mol. The fourth-order valence-electron chi connectivity index (χ4n) is 1.98. The standard InChI is InChI=1S/C14H19N3O2/c1-4-10(2)7-11(3)16-13-8-12(9-15)5-6-14(13)17(18)19/h5-6,8,10-11,16H,4,7H2,1-3H3. The lowest BCUT2D eigenvalue weighted by atomic mass is 10.00. The van der Waals surface area contributed by atoms with E-state index in [2.05, 4.69) is 19.2 Å². The molecule has 102 valence electrons. The topological polar surface area (TPSA) is 79.0 Å². The summed E-state index contributed by atoms with van der Waals surface area (Å²) < 4.78 is 0. The highest BCUT2D eigenvalue weighted by Gasteiger charge is 2.16. The molecular formula is C14H19N3O2. The molecule has 1 rings (SSSR count). The smallest absolute Gasteiger partial charge is 0.292 e. The molecule has 2 unspecified atom stereocenters. The molecule has 1 aromatic rings. The predicted molar refractivity (Wildman–Crippen MR) is 75.0 cm³/mol. The molecule has 0 aliphatic carbocycles. The van der Waals surface area contributed by atoms with Gasteiger partial charge in [-0.3, -0.25) is 10.1 Å². The van der Waals surface area contributed by atoms with Gasteiger partial charge in [-0.05, 0) is 31.4 Å². The fourth-order valence-corrected chi connectivity index (χ4v) is 1.98. The van der Waals surface area contributed by atoms with Gasteiger partial charge in [0.15, 0.2) is 0 Å². The average Bonchev–Trinajstić information content (AvgIpc) is 2.37. The highest BCUT2D eigenvalue weighted by molar-refractivity contribution is 5.64. The van der Waals surface area contributed by atoms with E-state index in [0.717, 1.165) is 12.8 Å². The fraction of sp³-hybridized carbons (Fsp3) is 0.500. The number of nitro benzene ring substituents is 1. The number of nitriles is 1. The van der Waals surface area contributed by atoms with Gasteiger partial charge in [0.25, 0.3) is 5.69 Å². The summed E-state index contributed by atoms with van der Waals surface area (Å²) in [6.07, 6.45) is 2.01. The number of anilines is 1. The van der Waals surface area contributed by atoms with E-state index < -0.39 is 4.92 Å². The summed E-state index contributed by atoms with van der Waals surface area (Å²) in [4.78, 5) is 10.5. The van der Waals surface area contributed by atoms with Gasteiger partial charge in [0.05, 0.1) is 16.6 Å². The lowest BCUT2D eigenvalue weighted by Gasteiger charge is -2.18. The van der Waals surface area contributed by atoms with Crippen molar-refractivity contribution >= 4 is 11.4 Å². The number of hydrogen-bond acceptors (Lipinski definition) is 4. The Balaban J connectivity index is 2.92. The molecule has 0 aliphatic heterocycles. The molecule has 0 bridgehead atoms. The molecule has 19 heavy (non-hydrogen) atoms. The molecule has 0 spiro atoms. The van der Waals surface area contributed by atoms with Crippen LogP contribution < -0.4 is 5.32 Å². The molecule has 1 aromatic carbocycles. The number of nitro groups is 1. The summed E-state index contributed by atoms with van der Waals surface area (Å²) in [6, 6.07) is 6.49. The Morgan fingerprint density at radius 2 is 2.16 bits per heavy atom. The number of rotatable bonds is 6.